The highest BCUT2D eigenvalue weighted by atomic mass is 16.5. The molecular weight excluding hydrogens is 236 g/mol. The van der Waals surface area contributed by atoms with E-state index in [1.807, 2.05) is 30.3 Å². The van der Waals surface area contributed by atoms with Crippen LogP contribution in [0, 0.1) is 5.92 Å². The van der Waals surface area contributed by atoms with Crippen LogP contribution in [0.1, 0.15) is 51.2 Å². The quantitative estimate of drug-likeness (QED) is 0.385. The molecule has 0 spiro atoms. The highest BCUT2D eigenvalue weighted by molar-refractivity contribution is 5.81. The van der Waals surface area contributed by atoms with Crippen LogP contribution in [0.5, 0.6) is 0 Å². The first-order chi connectivity index (χ1) is 9.13. The number of esters is 1. The van der Waals surface area contributed by atoms with Gasteiger partial charge in [0.2, 0.25) is 0 Å². The van der Waals surface area contributed by atoms with E-state index in [0.29, 0.717) is 0 Å². The summed E-state index contributed by atoms with van der Waals surface area (Å²) < 4.78 is 5.44. The lowest BCUT2D eigenvalue weighted by atomic mass is 10.00. The molecule has 1 unspecified atom stereocenters. The van der Waals surface area contributed by atoms with E-state index in [4.69, 9.17) is 4.74 Å². The summed E-state index contributed by atoms with van der Waals surface area (Å²) in [5.41, 5.74) is 1.06. The Morgan fingerprint density at radius 3 is 2.42 bits per heavy atom. The summed E-state index contributed by atoms with van der Waals surface area (Å²) in [5.74, 6) is 0.378. The molecule has 0 radical (unpaired) electrons. The third-order valence-corrected chi connectivity index (χ3v) is 3.09. The Labute approximate surface area is 116 Å². The Morgan fingerprint density at radius 2 is 1.84 bits per heavy atom. The van der Waals surface area contributed by atoms with Gasteiger partial charge in [0, 0.05) is 6.08 Å². The molecule has 0 N–H and O–H groups in total. The maximum absolute atomic E-state index is 11.4. The second-order valence-corrected chi connectivity index (χ2v) is 5.22. The van der Waals surface area contributed by atoms with E-state index in [0.717, 1.165) is 24.3 Å². The fourth-order valence-corrected chi connectivity index (χ4v) is 2.03. The van der Waals surface area contributed by atoms with Gasteiger partial charge in [-0.05, 0) is 24.3 Å². The van der Waals surface area contributed by atoms with E-state index in [9.17, 15) is 4.79 Å². The van der Waals surface area contributed by atoms with Crippen LogP contribution in [0.2, 0.25) is 0 Å². The first kappa shape index (κ1) is 15.5. The topological polar surface area (TPSA) is 26.3 Å². The molecule has 0 aliphatic rings. The van der Waals surface area contributed by atoms with Crippen LogP contribution in [0.3, 0.4) is 0 Å². The summed E-state index contributed by atoms with van der Waals surface area (Å²) in [6.45, 7) is 7.91. The Kier molecular flexibility index (Phi) is 6.94. The zero-order valence-electron chi connectivity index (χ0n) is 12.0. The van der Waals surface area contributed by atoms with E-state index in [-0.39, 0.29) is 12.1 Å². The third-order valence-electron chi connectivity index (χ3n) is 3.09. The number of unbranched alkanes of at least 4 members (excludes halogenated alkanes) is 1. The van der Waals surface area contributed by atoms with Gasteiger partial charge in [-0.1, -0.05) is 63.6 Å². The van der Waals surface area contributed by atoms with E-state index >= 15 is 0 Å². The minimum absolute atomic E-state index is 0.154. The van der Waals surface area contributed by atoms with Gasteiger partial charge in [0.05, 0.1) is 0 Å². The van der Waals surface area contributed by atoms with E-state index in [1.165, 1.54) is 18.9 Å². The van der Waals surface area contributed by atoms with Gasteiger partial charge < -0.3 is 4.74 Å². The second-order valence-electron chi connectivity index (χ2n) is 5.22. The molecule has 104 valence electrons. The molecule has 1 atom stereocenters. The van der Waals surface area contributed by atoms with E-state index in [1.54, 1.807) is 0 Å². The normalized spacial score (nSPS) is 12.2. The van der Waals surface area contributed by atoms with Gasteiger partial charge >= 0.3 is 5.97 Å². The van der Waals surface area contributed by atoms with Crippen molar-refractivity contribution in [1.82, 2.24) is 0 Å². The van der Waals surface area contributed by atoms with Crippen molar-refractivity contribution in [3.05, 3.63) is 48.6 Å². The van der Waals surface area contributed by atoms with Crippen LogP contribution in [0.15, 0.2) is 43.0 Å². The zero-order chi connectivity index (χ0) is 14.1. The lowest BCUT2D eigenvalue weighted by Gasteiger charge is -2.17. The lowest BCUT2D eigenvalue weighted by molar-refractivity contribution is -0.143. The lowest BCUT2D eigenvalue weighted by Crippen LogP contribution is -2.09. The fourth-order valence-electron chi connectivity index (χ4n) is 2.03. The van der Waals surface area contributed by atoms with Crippen LogP contribution >= 0.6 is 0 Å². The monoisotopic (exact) mass is 260 g/mol. The van der Waals surface area contributed by atoms with Crippen molar-refractivity contribution in [3.63, 3.8) is 0 Å². The van der Waals surface area contributed by atoms with Crippen LogP contribution in [0.25, 0.3) is 0 Å². The number of ether oxygens (including phenoxy) is 1. The maximum atomic E-state index is 11.4. The van der Waals surface area contributed by atoms with Crippen LogP contribution in [-0.4, -0.2) is 5.97 Å². The van der Waals surface area contributed by atoms with Gasteiger partial charge in [-0.3, -0.25) is 0 Å². The van der Waals surface area contributed by atoms with Crippen LogP contribution < -0.4 is 0 Å². The molecule has 1 aromatic rings. The SMILES string of the molecule is C=CC(=O)OC(CCCCC(C)C)c1ccccc1. The smallest absolute Gasteiger partial charge is 0.330 e. The maximum Gasteiger partial charge on any atom is 0.330 e. The average molecular weight is 260 g/mol. The minimum Gasteiger partial charge on any atom is -0.454 e. The van der Waals surface area contributed by atoms with Gasteiger partial charge in [0.15, 0.2) is 0 Å². The second kappa shape index (κ2) is 8.52. The Morgan fingerprint density at radius 1 is 1.21 bits per heavy atom. The Bertz CT molecular complexity index is 382. The van der Waals surface area contributed by atoms with Crippen molar-refractivity contribution in [1.29, 1.82) is 0 Å². The van der Waals surface area contributed by atoms with Crippen molar-refractivity contribution < 1.29 is 9.53 Å². The van der Waals surface area contributed by atoms with Crippen molar-refractivity contribution >= 4 is 5.97 Å². The molecule has 1 aromatic carbocycles. The molecular formula is C17H24O2. The zero-order valence-corrected chi connectivity index (χ0v) is 12.0. The number of carbonyl (C=O) groups is 1. The fraction of sp³-hybridized carbons (Fsp3) is 0.471. The number of carbonyl (C=O) groups excluding carboxylic acids is 1. The van der Waals surface area contributed by atoms with Gasteiger partial charge in [-0.25, -0.2) is 4.79 Å². The summed E-state index contributed by atoms with van der Waals surface area (Å²) in [7, 11) is 0. The summed E-state index contributed by atoms with van der Waals surface area (Å²) in [4.78, 5) is 11.4. The van der Waals surface area contributed by atoms with Crippen molar-refractivity contribution in [2.24, 2.45) is 5.92 Å². The summed E-state index contributed by atoms with van der Waals surface area (Å²) in [6, 6.07) is 9.91. The summed E-state index contributed by atoms with van der Waals surface area (Å²) in [6.07, 6.45) is 5.41. The molecule has 0 saturated heterocycles. The standard InChI is InChI=1S/C17H24O2/c1-4-17(18)19-16(13-9-8-10-14(2)3)15-11-6-5-7-12-15/h4-7,11-12,14,16H,1,8-10,13H2,2-3H3. The predicted octanol–water partition coefficient (Wildman–Crippen LogP) is 4.67. The minimum atomic E-state index is -0.349. The molecule has 0 aliphatic heterocycles. The number of hydrogen-bond donors (Lipinski definition) is 0. The Balaban J connectivity index is 2.55. The van der Waals surface area contributed by atoms with Gasteiger partial charge in [-0.2, -0.15) is 0 Å². The van der Waals surface area contributed by atoms with Crippen LogP contribution in [-0.2, 0) is 9.53 Å². The van der Waals surface area contributed by atoms with Gasteiger partial charge in [-0.15, -0.1) is 0 Å². The largest absolute Gasteiger partial charge is 0.454 e. The van der Waals surface area contributed by atoms with Gasteiger partial charge in [0.1, 0.15) is 6.10 Å². The summed E-state index contributed by atoms with van der Waals surface area (Å²) >= 11 is 0. The third kappa shape index (κ3) is 6.23. The number of hydrogen-bond acceptors (Lipinski definition) is 2. The van der Waals surface area contributed by atoms with Gasteiger partial charge in [0.25, 0.3) is 0 Å². The number of benzene rings is 1. The van der Waals surface area contributed by atoms with Crippen molar-refractivity contribution in [2.75, 3.05) is 0 Å². The molecule has 0 fully saturated rings. The van der Waals surface area contributed by atoms with Crippen molar-refractivity contribution in [2.45, 2.75) is 45.6 Å². The van der Waals surface area contributed by atoms with Crippen LogP contribution in [0.4, 0.5) is 0 Å². The molecule has 2 nitrogen and oxygen atoms in total. The molecule has 0 aliphatic carbocycles. The summed E-state index contributed by atoms with van der Waals surface area (Å²) in [5, 5.41) is 0. The number of rotatable bonds is 8. The molecule has 0 aromatic heterocycles. The molecule has 0 saturated carbocycles. The van der Waals surface area contributed by atoms with E-state index in [2.05, 4.69) is 20.4 Å². The molecule has 2 heteroatoms. The highest BCUT2D eigenvalue weighted by Crippen LogP contribution is 2.24. The molecule has 1 rings (SSSR count). The Hall–Kier alpha value is -1.57. The highest BCUT2D eigenvalue weighted by Gasteiger charge is 2.14. The van der Waals surface area contributed by atoms with E-state index < -0.39 is 0 Å². The first-order valence-corrected chi connectivity index (χ1v) is 7.01. The molecule has 0 heterocycles. The molecule has 19 heavy (non-hydrogen) atoms. The predicted molar refractivity (Wildman–Crippen MR) is 78.8 cm³/mol. The average Bonchev–Trinajstić information content (AvgIpc) is 2.42. The molecule has 0 bridgehead atoms. The van der Waals surface area contributed by atoms with Crippen molar-refractivity contribution in [3.8, 4) is 0 Å². The first-order valence-electron chi connectivity index (χ1n) is 7.01. The molecule has 0 amide bonds.